The molecule has 4 nitrogen and oxygen atoms in total. The number of anilines is 2. The van der Waals surface area contributed by atoms with Crippen LogP contribution in [0.15, 0.2) is 24.3 Å². The van der Waals surface area contributed by atoms with Gasteiger partial charge in [0.2, 0.25) is 0 Å². The van der Waals surface area contributed by atoms with Crippen LogP contribution in [0.25, 0.3) is 0 Å². The molecule has 210 valence electrons. The van der Waals surface area contributed by atoms with Gasteiger partial charge in [0, 0.05) is 12.4 Å². The van der Waals surface area contributed by atoms with Crippen LogP contribution >= 0.6 is 11.8 Å². The van der Waals surface area contributed by atoms with Gasteiger partial charge in [-0.25, -0.2) is 5.84 Å². The predicted octanol–water partition coefficient (Wildman–Crippen LogP) is 9.35. The molecule has 1 aromatic carbocycles. The molecular formula is C31H60N4S. The third-order valence-corrected chi connectivity index (χ3v) is 8.22. The summed E-state index contributed by atoms with van der Waals surface area (Å²) >= 11 is 2.04. The van der Waals surface area contributed by atoms with Crippen molar-refractivity contribution in [2.75, 3.05) is 35.6 Å². The van der Waals surface area contributed by atoms with Gasteiger partial charge < -0.3 is 5.73 Å². The molecule has 4 N–H and O–H groups in total. The van der Waals surface area contributed by atoms with E-state index in [0.29, 0.717) is 0 Å². The number of thioether (sulfide) groups is 1. The lowest BCUT2D eigenvalue weighted by atomic mass is 10.0. The van der Waals surface area contributed by atoms with Crippen LogP contribution in [0.3, 0.4) is 0 Å². The Labute approximate surface area is 229 Å². The normalized spacial score (nSPS) is 11.4. The summed E-state index contributed by atoms with van der Waals surface area (Å²) in [5.41, 5.74) is 7.82. The average molecular weight is 521 g/mol. The minimum absolute atomic E-state index is 0.730. The Morgan fingerprint density at radius 1 is 0.639 bits per heavy atom. The van der Waals surface area contributed by atoms with Gasteiger partial charge >= 0.3 is 0 Å². The first kappa shape index (κ1) is 33.1. The van der Waals surface area contributed by atoms with Crippen molar-refractivity contribution in [2.45, 2.75) is 136 Å². The van der Waals surface area contributed by atoms with Crippen LogP contribution in [0.1, 0.15) is 136 Å². The molecule has 5 heteroatoms. The van der Waals surface area contributed by atoms with Gasteiger partial charge in [-0.3, -0.25) is 9.91 Å². The first-order chi connectivity index (χ1) is 17.7. The summed E-state index contributed by atoms with van der Waals surface area (Å²) in [6.07, 6.45) is 26.5. The third-order valence-electron chi connectivity index (χ3n) is 7.09. The molecule has 0 bridgehead atoms. The number of nitrogen functional groups attached to an aromatic ring is 1. The molecule has 0 aliphatic rings. The van der Waals surface area contributed by atoms with E-state index in [2.05, 4.69) is 18.7 Å². The van der Waals surface area contributed by atoms with E-state index in [4.69, 9.17) is 11.6 Å². The molecule has 0 fully saturated rings. The minimum Gasteiger partial charge on any atom is -0.397 e. The highest BCUT2D eigenvalue weighted by atomic mass is 32.2. The summed E-state index contributed by atoms with van der Waals surface area (Å²) < 4.78 is 0. The zero-order valence-corrected chi connectivity index (χ0v) is 24.8. The van der Waals surface area contributed by atoms with Crippen molar-refractivity contribution in [1.29, 1.82) is 0 Å². The molecule has 0 saturated heterocycles. The highest BCUT2D eigenvalue weighted by Gasteiger charge is 2.11. The first-order valence-electron chi connectivity index (χ1n) is 15.4. The molecule has 0 aliphatic carbocycles. The Kier molecular flexibility index (Phi) is 22.5. The van der Waals surface area contributed by atoms with Crippen LogP contribution in [0.5, 0.6) is 0 Å². The maximum Gasteiger partial charge on any atom is 0.0868 e. The number of nitrogens with two attached hydrogens (primary N) is 2. The lowest BCUT2D eigenvalue weighted by molar-refractivity contribution is 0.309. The van der Waals surface area contributed by atoms with Crippen molar-refractivity contribution in [3.8, 4) is 0 Å². The number of rotatable bonds is 26. The Morgan fingerprint density at radius 2 is 1.11 bits per heavy atom. The summed E-state index contributed by atoms with van der Waals surface area (Å²) in [7, 11) is 0. The molecule has 0 aliphatic heterocycles. The van der Waals surface area contributed by atoms with E-state index in [9.17, 15) is 0 Å². The summed E-state index contributed by atoms with van der Waals surface area (Å²) in [5, 5.41) is 1.81. The quantitative estimate of drug-likeness (QED) is 0.0419. The van der Waals surface area contributed by atoms with E-state index in [0.717, 1.165) is 30.5 Å². The number of hydrogen-bond donors (Lipinski definition) is 2. The molecule has 0 radical (unpaired) electrons. The zero-order chi connectivity index (χ0) is 26.1. The van der Waals surface area contributed by atoms with Gasteiger partial charge in [0.1, 0.15) is 0 Å². The van der Waals surface area contributed by atoms with Crippen molar-refractivity contribution >= 4 is 23.1 Å². The Morgan fingerprint density at radius 3 is 1.64 bits per heavy atom. The lowest BCUT2D eigenvalue weighted by Crippen LogP contribution is -2.43. The number of nitrogens with zero attached hydrogens (tertiary/aromatic N) is 2. The number of hydrogen-bond acceptors (Lipinski definition) is 5. The number of hydrazine groups is 1. The molecule has 0 heterocycles. The molecule has 0 atom stereocenters. The standard InChI is InChI=1S/C31H60N4S/c1-3-5-7-8-9-10-11-12-13-14-15-16-17-18-19-22-26-34(29-36-27-23-6-4-2)28-35(33)31-25-21-20-24-30(31)32/h20-21,24-25H,3-19,22-23,26-29,32-33H2,1-2H3. The number of benzene rings is 1. The fraction of sp³-hybridized carbons (Fsp3) is 0.806. The van der Waals surface area contributed by atoms with Crippen LogP contribution in [0.2, 0.25) is 0 Å². The van der Waals surface area contributed by atoms with Gasteiger partial charge in [-0.05, 0) is 30.7 Å². The molecule has 0 unspecified atom stereocenters. The van der Waals surface area contributed by atoms with Gasteiger partial charge in [0.05, 0.1) is 18.0 Å². The van der Waals surface area contributed by atoms with Gasteiger partial charge in [-0.1, -0.05) is 135 Å². The lowest BCUT2D eigenvalue weighted by Gasteiger charge is -2.29. The Bertz CT molecular complexity index is 598. The van der Waals surface area contributed by atoms with Crippen LogP contribution in [0.4, 0.5) is 11.4 Å². The monoisotopic (exact) mass is 520 g/mol. The second-order valence-electron chi connectivity index (χ2n) is 10.6. The summed E-state index contributed by atoms with van der Waals surface area (Å²) in [4.78, 5) is 2.49. The molecule has 0 aromatic heterocycles. The number of unbranched alkanes of at least 4 members (excludes halogenated alkanes) is 17. The molecule has 0 amide bonds. The van der Waals surface area contributed by atoms with E-state index < -0.39 is 0 Å². The van der Waals surface area contributed by atoms with Gasteiger partial charge in [0.15, 0.2) is 0 Å². The van der Waals surface area contributed by atoms with E-state index in [1.165, 1.54) is 128 Å². The average Bonchev–Trinajstić information content (AvgIpc) is 2.88. The van der Waals surface area contributed by atoms with E-state index in [-0.39, 0.29) is 0 Å². The molecular weight excluding hydrogens is 460 g/mol. The van der Waals surface area contributed by atoms with Crippen molar-refractivity contribution in [3.63, 3.8) is 0 Å². The third kappa shape index (κ3) is 18.4. The highest BCUT2D eigenvalue weighted by Crippen LogP contribution is 2.21. The zero-order valence-electron chi connectivity index (χ0n) is 24.0. The maximum atomic E-state index is 6.41. The van der Waals surface area contributed by atoms with Gasteiger partial charge in [-0.2, -0.15) is 0 Å². The van der Waals surface area contributed by atoms with Gasteiger partial charge in [0.25, 0.3) is 0 Å². The van der Waals surface area contributed by atoms with Crippen LogP contribution in [-0.4, -0.2) is 29.7 Å². The second kappa shape index (κ2) is 24.4. The van der Waals surface area contributed by atoms with E-state index in [1.807, 2.05) is 41.0 Å². The van der Waals surface area contributed by atoms with Crippen molar-refractivity contribution in [3.05, 3.63) is 24.3 Å². The van der Waals surface area contributed by atoms with Gasteiger partial charge in [-0.15, -0.1) is 11.8 Å². The van der Waals surface area contributed by atoms with Crippen LogP contribution in [0, 0.1) is 0 Å². The van der Waals surface area contributed by atoms with E-state index >= 15 is 0 Å². The maximum absolute atomic E-state index is 6.41. The summed E-state index contributed by atoms with van der Waals surface area (Å²) in [5.74, 6) is 8.69. The van der Waals surface area contributed by atoms with Crippen molar-refractivity contribution in [1.82, 2.24) is 4.90 Å². The molecule has 1 aromatic rings. The molecule has 0 saturated carbocycles. The predicted molar refractivity (Wildman–Crippen MR) is 165 cm³/mol. The topological polar surface area (TPSA) is 58.5 Å². The van der Waals surface area contributed by atoms with Crippen LogP contribution < -0.4 is 16.6 Å². The molecule has 1 rings (SSSR count). The second-order valence-corrected chi connectivity index (χ2v) is 11.7. The minimum atomic E-state index is 0.730. The Hall–Kier alpha value is -0.910. The molecule has 0 spiro atoms. The molecule has 36 heavy (non-hydrogen) atoms. The Balaban J connectivity index is 2.11. The van der Waals surface area contributed by atoms with Crippen molar-refractivity contribution < 1.29 is 0 Å². The van der Waals surface area contributed by atoms with Crippen molar-refractivity contribution in [2.24, 2.45) is 5.84 Å². The SMILES string of the molecule is CCCCCCCCCCCCCCCCCCN(CSCCCCC)CN(N)c1ccccc1N. The fourth-order valence-electron chi connectivity index (χ4n) is 4.75. The highest BCUT2D eigenvalue weighted by molar-refractivity contribution is 7.99. The smallest absolute Gasteiger partial charge is 0.0868 e. The summed E-state index contributed by atoms with van der Waals surface area (Å²) in [6, 6.07) is 7.90. The van der Waals surface area contributed by atoms with E-state index in [1.54, 1.807) is 0 Å². The van der Waals surface area contributed by atoms with Crippen LogP contribution in [-0.2, 0) is 0 Å². The fourth-order valence-corrected chi connectivity index (χ4v) is 5.75. The number of para-hydroxylation sites is 2. The first-order valence-corrected chi connectivity index (χ1v) is 16.5. The summed E-state index contributed by atoms with van der Waals surface area (Å²) in [6.45, 7) is 6.41. The largest absolute Gasteiger partial charge is 0.397 e.